The van der Waals surface area contributed by atoms with Gasteiger partial charge in [-0.25, -0.2) is 8.42 Å². The van der Waals surface area contributed by atoms with E-state index in [4.69, 9.17) is 16.3 Å². The van der Waals surface area contributed by atoms with E-state index in [1.54, 1.807) is 48.5 Å². The molecule has 144 valence electrons. The molecule has 0 aromatic heterocycles. The molecule has 0 saturated heterocycles. The third-order valence-corrected chi connectivity index (χ3v) is 5.42. The second kappa shape index (κ2) is 8.33. The second-order valence-corrected chi connectivity index (χ2v) is 7.89. The Morgan fingerprint density at radius 1 is 1.07 bits per heavy atom. The van der Waals surface area contributed by atoms with Crippen molar-refractivity contribution in [3.8, 4) is 11.5 Å². The first-order chi connectivity index (χ1) is 13.4. The third kappa shape index (κ3) is 4.62. The molecule has 0 fully saturated rings. The second-order valence-electron chi connectivity index (χ2n) is 5.77. The molecule has 8 heteroatoms. The number of para-hydroxylation sites is 1. The lowest BCUT2D eigenvalue weighted by Crippen LogP contribution is -2.12. The highest BCUT2D eigenvalue weighted by molar-refractivity contribution is 7.92. The zero-order valence-corrected chi connectivity index (χ0v) is 16.4. The Balaban J connectivity index is 1.86. The minimum Gasteiger partial charge on any atom is -0.504 e. The van der Waals surface area contributed by atoms with Crippen LogP contribution in [0.4, 0.5) is 11.4 Å². The van der Waals surface area contributed by atoms with Gasteiger partial charge in [-0.2, -0.15) is 0 Å². The predicted molar refractivity (Wildman–Crippen MR) is 111 cm³/mol. The summed E-state index contributed by atoms with van der Waals surface area (Å²) in [5, 5.41) is 10.5. The van der Waals surface area contributed by atoms with E-state index < -0.39 is 10.0 Å². The molecular formula is C20H17ClN2O4S. The molecule has 0 radical (unpaired) electrons. The molecule has 0 heterocycles. The van der Waals surface area contributed by atoms with Crippen molar-refractivity contribution in [3.63, 3.8) is 0 Å². The summed E-state index contributed by atoms with van der Waals surface area (Å²) in [6, 6.07) is 17.6. The molecule has 0 bridgehead atoms. The fourth-order valence-corrected chi connectivity index (χ4v) is 3.73. The maximum absolute atomic E-state index is 12.6. The van der Waals surface area contributed by atoms with Crippen LogP contribution in [0.25, 0.3) is 0 Å². The fourth-order valence-electron chi connectivity index (χ4n) is 2.45. The SMILES string of the molecule is COc1cccc(C=Nc2cccc(S(=O)(=O)Nc3cccc(Cl)c3)c2)c1O. The van der Waals surface area contributed by atoms with Crippen LogP contribution in [0, 0.1) is 0 Å². The molecule has 0 aliphatic carbocycles. The number of halogens is 1. The van der Waals surface area contributed by atoms with Gasteiger partial charge in [0.1, 0.15) is 0 Å². The van der Waals surface area contributed by atoms with Crippen LogP contribution in [0.15, 0.2) is 76.6 Å². The molecule has 28 heavy (non-hydrogen) atoms. The summed E-state index contributed by atoms with van der Waals surface area (Å²) in [7, 11) is -2.35. The lowest BCUT2D eigenvalue weighted by Gasteiger charge is -2.09. The lowest BCUT2D eigenvalue weighted by molar-refractivity contribution is 0.373. The van der Waals surface area contributed by atoms with Crippen LogP contribution >= 0.6 is 11.6 Å². The number of methoxy groups -OCH3 is 1. The van der Waals surface area contributed by atoms with E-state index in [-0.39, 0.29) is 10.6 Å². The number of anilines is 1. The first-order valence-electron chi connectivity index (χ1n) is 8.17. The van der Waals surface area contributed by atoms with Gasteiger partial charge in [-0.3, -0.25) is 9.71 Å². The Bertz CT molecular complexity index is 1130. The minimum absolute atomic E-state index is 0.0415. The van der Waals surface area contributed by atoms with Crippen molar-refractivity contribution in [2.75, 3.05) is 11.8 Å². The van der Waals surface area contributed by atoms with Gasteiger partial charge in [0.2, 0.25) is 0 Å². The number of hydrogen-bond acceptors (Lipinski definition) is 5. The zero-order chi connectivity index (χ0) is 20.1. The molecule has 3 rings (SSSR count). The number of sulfonamides is 1. The summed E-state index contributed by atoms with van der Waals surface area (Å²) in [6.45, 7) is 0. The van der Waals surface area contributed by atoms with Crippen molar-refractivity contribution in [2.24, 2.45) is 4.99 Å². The van der Waals surface area contributed by atoms with Crippen LogP contribution in [-0.2, 0) is 10.0 Å². The normalized spacial score (nSPS) is 11.5. The van der Waals surface area contributed by atoms with Crippen molar-refractivity contribution in [2.45, 2.75) is 4.90 Å². The highest BCUT2D eigenvalue weighted by atomic mass is 35.5. The number of aromatic hydroxyl groups is 1. The van der Waals surface area contributed by atoms with Gasteiger partial charge >= 0.3 is 0 Å². The van der Waals surface area contributed by atoms with Crippen molar-refractivity contribution < 1.29 is 18.3 Å². The number of phenolic OH excluding ortho intramolecular Hbond substituents is 1. The lowest BCUT2D eigenvalue weighted by atomic mass is 10.2. The zero-order valence-electron chi connectivity index (χ0n) is 14.8. The van der Waals surface area contributed by atoms with E-state index in [1.165, 1.54) is 31.5 Å². The van der Waals surface area contributed by atoms with Gasteiger partial charge in [-0.1, -0.05) is 29.8 Å². The molecule has 3 aromatic carbocycles. The van der Waals surface area contributed by atoms with Crippen LogP contribution in [0.5, 0.6) is 11.5 Å². The van der Waals surface area contributed by atoms with Crippen LogP contribution in [0.3, 0.4) is 0 Å². The van der Waals surface area contributed by atoms with Gasteiger partial charge in [0.25, 0.3) is 10.0 Å². The van der Waals surface area contributed by atoms with E-state index in [2.05, 4.69) is 9.71 Å². The van der Waals surface area contributed by atoms with Crippen molar-refractivity contribution >= 4 is 39.2 Å². The van der Waals surface area contributed by atoms with E-state index in [0.29, 0.717) is 27.7 Å². The van der Waals surface area contributed by atoms with Crippen LogP contribution in [0.1, 0.15) is 5.56 Å². The maximum atomic E-state index is 12.6. The highest BCUT2D eigenvalue weighted by Crippen LogP contribution is 2.29. The largest absolute Gasteiger partial charge is 0.504 e. The number of phenols is 1. The summed E-state index contributed by atoms with van der Waals surface area (Å²) in [6.07, 6.45) is 1.44. The standard InChI is InChI=1S/C20H17ClN2O4S/c1-27-19-10-2-5-14(20(19)24)13-22-16-7-4-9-18(12-16)28(25,26)23-17-8-3-6-15(21)11-17/h2-13,23-24H,1H3. The third-order valence-electron chi connectivity index (χ3n) is 3.81. The minimum atomic E-state index is -3.81. The monoisotopic (exact) mass is 416 g/mol. The number of nitrogens with one attached hydrogen (secondary N) is 1. The van der Waals surface area contributed by atoms with Gasteiger partial charge in [-0.15, -0.1) is 0 Å². The van der Waals surface area contributed by atoms with Crippen molar-refractivity contribution in [3.05, 3.63) is 77.3 Å². The molecule has 2 N–H and O–H groups in total. The molecule has 0 aliphatic heterocycles. The fraction of sp³-hybridized carbons (Fsp3) is 0.0500. The Hall–Kier alpha value is -3.03. The number of aliphatic imine (C=N–C) groups is 1. The molecule has 0 saturated carbocycles. The van der Waals surface area contributed by atoms with E-state index in [9.17, 15) is 13.5 Å². The smallest absolute Gasteiger partial charge is 0.261 e. The summed E-state index contributed by atoms with van der Waals surface area (Å²) >= 11 is 5.90. The molecule has 0 atom stereocenters. The Labute approximate surface area is 168 Å². The summed E-state index contributed by atoms with van der Waals surface area (Å²) in [5.74, 6) is 0.283. The van der Waals surface area contributed by atoms with Gasteiger partial charge in [0, 0.05) is 16.8 Å². The molecule has 6 nitrogen and oxygen atoms in total. The van der Waals surface area contributed by atoms with Crippen LogP contribution in [0.2, 0.25) is 5.02 Å². The van der Waals surface area contributed by atoms with Crippen molar-refractivity contribution in [1.82, 2.24) is 0 Å². The maximum Gasteiger partial charge on any atom is 0.261 e. The number of hydrogen-bond donors (Lipinski definition) is 2. The Morgan fingerprint density at radius 2 is 1.82 bits per heavy atom. The topological polar surface area (TPSA) is 88.0 Å². The highest BCUT2D eigenvalue weighted by Gasteiger charge is 2.15. The Kier molecular flexibility index (Phi) is 5.87. The Morgan fingerprint density at radius 3 is 2.57 bits per heavy atom. The summed E-state index contributed by atoms with van der Waals surface area (Å²) < 4.78 is 32.8. The molecular weight excluding hydrogens is 400 g/mol. The molecule has 0 aliphatic rings. The molecule has 3 aromatic rings. The molecule has 0 unspecified atom stereocenters. The van der Waals surface area contributed by atoms with Gasteiger partial charge in [0.15, 0.2) is 11.5 Å². The van der Waals surface area contributed by atoms with Gasteiger partial charge in [0.05, 0.1) is 23.4 Å². The number of benzene rings is 3. The number of ether oxygens (including phenoxy) is 1. The van der Waals surface area contributed by atoms with Gasteiger partial charge < -0.3 is 9.84 Å². The summed E-state index contributed by atoms with van der Waals surface area (Å²) in [4.78, 5) is 4.31. The number of rotatable bonds is 6. The number of nitrogens with zero attached hydrogens (tertiary/aromatic N) is 1. The predicted octanol–water partition coefficient (Wildman–Crippen LogP) is 4.61. The average molecular weight is 417 g/mol. The summed E-state index contributed by atoms with van der Waals surface area (Å²) in [5.41, 5.74) is 1.23. The first kappa shape index (κ1) is 19.7. The van der Waals surface area contributed by atoms with Crippen molar-refractivity contribution in [1.29, 1.82) is 0 Å². The van der Waals surface area contributed by atoms with Crippen LogP contribution in [-0.4, -0.2) is 26.8 Å². The molecule has 0 spiro atoms. The van der Waals surface area contributed by atoms with E-state index >= 15 is 0 Å². The quantitative estimate of drug-likeness (QED) is 0.574. The van der Waals surface area contributed by atoms with E-state index in [0.717, 1.165) is 0 Å². The van der Waals surface area contributed by atoms with Crippen LogP contribution < -0.4 is 9.46 Å². The van der Waals surface area contributed by atoms with E-state index in [1.807, 2.05) is 0 Å². The average Bonchev–Trinajstić information content (AvgIpc) is 2.67. The first-order valence-corrected chi connectivity index (χ1v) is 10.0. The van der Waals surface area contributed by atoms with Gasteiger partial charge in [-0.05, 0) is 48.5 Å². The molecule has 0 amide bonds.